The molecule has 32 heavy (non-hydrogen) atoms. The number of aromatic nitrogens is 3. The van der Waals surface area contributed by atoms with Crippen molar-refractivity contribution in [1.82, 2.24) is 19.7 Å². The highest BCUT2D eigenvalue weighted by Gasteiger charge is 2.33. The third-order valence-corrected chi connectivity index (χ3v) is 6.27. The zero-order chi connectivity index (χ0) is 22.7. The van der Waals surface area contributed by atoms with E-state index in [2.05, 4.69) is 22.3 Å². The molecule has 1 aromatic carbocycles. The van der Waals surface area contributed by atoms with Crippen molar-refractivity contribution >= 4 is 11.7 Å². The number of carbonyl (C=O) groups excluding carboxylic acids is 1. The standard InChI is InChI=1S/C25H31N5O2/c1-17-9-10-20(19-14-28-29(3)16-19)21(13-17)25(31)30-12-6-7-18(2)22(30)15-27-24-23(32-4)8-5-11-26-24/h5,8-11,13-14,16,18,22H,6-7,12,15H2,1-4H3,(H,26,27)/t18-,22?/m1/s1. The van der Waals surface area contributed by atoms with Gasteiger partial charge in [-0.3, -0.25) is 9.48 Å². The van der Waals surface area contributed by atoms with E-state index in [9.17, 15) is 4.79 Å². The summed E-state index contributed by atoms with van der Waals surface area (Å²) in [5.41, 5.74) is 3.67. The Kier molecular flexibility index (Phi) is 6.44. The zero-order valence-electron chi connectivity index (χ0n) is 19.2. The zero-order valence-corrected chi connectivity index (χ0v) is 19.2. The average molecular weight is 434 g/mol. The second-order valence-electron chi connectivity index (χ2n) is 8.57. The van der Waals surface area contributed by atoms with Gasteiger partial charge in [0.2, 0.25) is 0 Å². The molecule has 1 saturated heterocycles. The number of hydrogen-bond acceptors (Lipinski definition) is 5. The van der Waals surface area contributed by atoms with Gasteiger partial charge >= 0.3 is 0 Å². The number of anilines is 1. The summed E-state index contributed by atoms with van der Waals surface area (Å²) in [5.74, 6) is 1.85. The van der Waals surface area contributed by atoms with E-state index in [1.165, 1.54) is 0 Å². The van der Waals surface area contributed by atoms with Gasteiger partial charge in [-0.05, 0) is 49.4 Å². The number of ether oxygens (including phenoxy) is 1. The number of likely N-dealkylation sites (tertiary alicyclic amines) is 1. The lowest BCUT2D eigenvalue weighted by atomic mass is 9.89. The van der Waals surface area contributed by atoms with Crippen LogP contribution >= 0.6 is 0 Å². The van der Waals surface area contributed by atoms with Crippen LogP contribution in [0.5, 0.6) is 5.75 Å². The fourth-order valence-electron chi connectivity index (χ4n) is 4.50. The lowest BCUT2D eigenvalue weighted by molar-refractivity contribution is 0.0540. The van der Waals surface area contributed by atoms with Crippen molar-refractivity contribution in [3.05, 3.63) is 60.0 Å². The number of nitrogens with one attached hydrogen (secondary N) is 1. The first-order valence-electron chi connectivity index (χ1n) is 11.1. The Labute approximate surface area is 189 Å². The number of amides is 1. The molecular weight excluding hydrogens is 402 g/mol. The molecule has 1 fully saturated rings. The van der Waals surface area contributed by atoms with E-state index in [1.807, 2.05) is 61.6 Å². The van der Waals surface area contributed by atoms with E-state index in [0.29, 0.717) is 24.0 Å². The van der Waals surface area contributed by atoms with Crippen LogP contribution in [0.1, 0.15) is 35.7 Å². The molecular formula is C25H31N5O2. The van der Waals surface area contributed by atoms with E-state index >= 15 is 0 Å². The molecule has 7 heteroatoms. The van der Waals surface area contributed by atoms with Crippen LogP contribution in [0.2, 0.25) is 0 Å². The lowest BCUT2D eigenvalue weighted by Crippen LogP contribution is -2.51. The van der Waals surface area contributed by atoms with Crippen LogP contribution in [0.15, 0.2) is 48.9 Å². The van der Waals surface area contributed by atoms with Crippen molar-refractivity contribution < 1.29 is 9.53 Å². The number of piperidine rings is 1. The molecule has 1 amide bonds. The molecule has 1 N–H and O–H groups in total. The van der Waals surface area contributed by atoms with Crippen molar-refractivity contribution in [2.75, 3.05) is 25.5 Å². The molecule has 2 atom stereocenters. The van der Waals surface area contributed by atoms with Crippen molar-refractivity contribution in [1.29, 1.82) is 0 Å². The van der Waals surface area contributed by atoms with Crippen LogP contribution in [0.3, 0.4) is 0 Å². The summed E-state index contributed by atoms with van der Waals surface area (Å²) >= 11 is 0. The molecule has 0 radical (unpaired) electrons. The summed E-state index contributed by atoms with van der Waals surface area (Å²) < 4.78 is 7.19. The predicted octanol–water partition coefficient (Wildman–Crippen LogP) is 4.15. The van der Waals surface area contributed by atoms with Gasteiger partial charge in [0, 0.05) is 43.7 Å². The molecule has 1 aliphatic heterocycles. The SMILES string of the molecule is COc1cccnc1NCC1[C@H](C)CCCN1C(=O)c1cc(C)ccc1-c1cnn(C)c1. The van der Waals surface area contributed by atoms with Crippen LogP contribution in [0.25, 0.3) is 11.1 Å². The molecule has 1 unspecified atom stereocenters. The molecule has 1 aliphatic rings. The molecule has 0 saturated carbocycles. The molecule has 168 valence electrons. The third kappa shape index (κ3) is 4.47. The maximum atomic E-state index is 13.9. The Balaban J connectivity index is 1.62. The van der Waals surface area contributed by atoms with Gasteiger partial charge in [0.25, 0.3) is 5.91 Å². The molecule has 4 rings (SSSR count). The number of hydrogen-bond donors (Lipinski definition) is 1. The minimum absolute atomic E-state index is 0.0604. The van der Waals surface area contributed by atoms with Gasteiger partial charge in [-0.25, -0.2) is 4.98 Å². The monoisotopic (exact) mass is 433 g/mol. The summed E-state index contributed by atoms with van der Waals surface area (Å²) in [5, 5.41) is 7.72. The Morgan fingerprint density at radius 3 is 2.91 bits per heavy atom. The molecule has 0 spiro atoms. The van der Waals surface area contributed by atoms with Gasteiger partial charge in [-0.15, -0.1) is 0 Å². The van der Waals surface area contributed by atoms with Gasteiger partial charge in [0.15, 0.2) is 11.6 Å². The highest BCUT2D eigenvalue weighted by Crippen LogP contribution is 2.30. The average Bonchev–Trinajstić information content (AvgIpc) is 3.23. The van der Waals surface area contributed by atoms with Crippen molar-refractivity contribution in [3.63, 3.8) is 0 Å². The quantitative estimate of drug-likeness (QED) is 0.632. The first kappa shape index (κ1) is 21.9. The number of nitrogens with zero attached hydrogens (tertiary/aromatic N) is 4. The summed E-state index contributed by atoms with van der Waals surface area (Å²) in [6.07, 6.45) is 7.60. The molecule has 2 aromatic heterocycles. The molecule has 7 nitrogen and oxygen atoms in total. The fourth-order valence-corrected chi connectivity index (χ4v) is 4.50. The number of aryl methyl sites for hydroxylation is 2. The number of carbonyl (C=O) groups is 1. The number of pyridine rings is 1. The minimum atomic E-state index is 0.0604. The van der Waals surface area contributed by atoms with Crippen LogP contribution in [0.4, 0.5) is 5.82 Å². The van der Waals surface area contributed by atoms with E-state index in [4.69, 9.17) is 4.74 Å². The van der Waals surface area contributed by atoms with E-state index in [-0.39, 0.29) is 11.9 Å². The highest BCUT2D eigenvalue weighted by atomic mass is 16.5. The largest absolute Gasteiger partial charge is 0.493 e. The van der Waals surface area contributed by atoms with Crippen molar-refractivity contribution in [2.24, 2.45) is 13.0 Å². The maximum absolute atomic E-state index is 13.9. The first-order valence-corrected chi connectivity index (χ1v) is 11.1. The third-order valence-electron chi connectivity index (χ3n) is 6.27. The first-order chi connectivity index (χ1) is 15.5. The molecule has 0 aliphatic carbocycles. The van der Waals surface area contributed by atoms with Gasteiger partial charge in [-0.1, -0.05) is 24.6 Å². The van der Waals surface area contributed by atoms with Crippen LogP contribution < -0.4 is 10.1 Å². The van der Waals surface area contributed by atoms with E-state index < -0.39 is 0 Å². The number of methoxy groups -OCH3 is 1. The van der Waals surface area contributed by atoms with E-state index in [0.717, 1.165) is 41.6 Å². The number of benzene rings is 1. The van der Waals surface area contributed by atoms with Crippen molar-refractivity contribution in [3.8, 4) is 16.9 Å². The maximum Gasteiger partial charge on any atom is 0.254 e. The molecule has 3 heterocycles. The summed E-state index contributed by atoms with van der Waals surface area (Å²) in [6.45, 7) is 5.61. The van der Waals surface area contributed by atoms with Crippen molar-refractivity contribution in [2.45, 2.75) is 32.7 Å². The van der Waals surface area contributed by atoms with Crippen LogP contribution in [-0.2, 0) is 7.05 Å². The smallest absolute Gasteiger partial charge is 0.254 e. The van der Waals surface area contributed by atoms with Gasteiger partial charge < -0.3 is 15.0 Å². The predicted molar refractivity (Wildman–Crippen MR) is 126 cm³/mol. The Hall–Kier alpha value is -3.35. The van der Waals surface area contributed by atoms with Crippen LogP contribution in [0, 0.1) is 12.8 Å². The summed E-state index contributed by atoms with van der Waals surface area (Å²) in [4.78, 5) is 20.3. The van der Waals surface area contributed by atoms with E-state index in [1.54, 1.807) is 18.0 Å². The molecule has 3 aromatic rings. The Bertz CT molecular complexity index is 1090. The summed E-state index contributed by atoms with van der Waals surface area (Å²) in [6, 6.07) is 9.86. The topological polar surface area (TPSA) is 72.3 Å². The summed E-state index contributed by atoms with van der Waals surface area (Å²) in [7, 11) is 3.53. The fraction of sp³-hybridized carbons (Fsp3) is 0.400. The lowest BCUT2D eigenvalue weighted by Gasteiger charge is -2.40. The normalized spacial score (nSPS) is 18.4. The van der Waals surface area contributed by atoms with Gasteiger partial charge in [0.1, 0.15) is 0 Å². The Morgan fingerprint density at radius 2 is 2.16 bits per heavy atom. The number of rotatable bonds is 6. The highest BCUT2D eigenvalue weighted by molar-refractivity contribution is 6.01. The second-order valence-corrected chi connectivity index (χ2v) is 8.57. The van der Waals surface area contributed by atoms with Gasteiger partial charge in [-0.2, -0.15) is 5.10 Å². The minimum Gasteiger partial charge on any atom is -0.493 e. The second kappa shape index (κ2) is 9.42. The van der Waals surface area contributed by atoms with Gasteiger partial charge in [0.05, 0.1) is 19.3 Å². The van der Waals surface area contributed by atoms with Crippen LogP contribution in [-0.4, -0.2) is 51.8 Å². The molecule has 0 bridgehead atoms. The Morgan fingerprint density at radius 1 is 1.31 bits per heavy atom.